The number of rotatable bonds is 3. The molecule has 0 radical (unpaired) electrons. The zero-order valence-corrected chi connectivity index (χ0v) is 11.6. The highest BCUT2D eigenvalue weighted by Crippen LogP contribution is 2.24. The minimum atomic E-state index is 0.601. The summed E-state index contributed by atoms with van der Waals surface area (Å²) in [7, 11) is 0. The molecule has 3 aromatic rings. The minimum absolute atomic E-state index is 0.601. The van der Waals surface area contributed by atoms with E-state index in [1.165, 1.54) is 5.56 Å². The number of benzene rings is 1. The molecule has 20 heavy (non-hydrogen) atoms. The van der Waals surface area contributed by atoms with Gasteiger partial charge >= 0.3 is 0 Å². The normalized spacial score (nSPS) is 10.9. The third-order valence-electron chi connectivity index (χ3n) is 3.57. The van der Waals surface area contributed by atoms with Crippen LogP contribution >= 0.6 is 0 Å². The zero-order valence-electron chi connectivity index (χ0n) is 11.6. The highest BCUT2D eigenvalue weighted by Gasteiger charge is 2.13. The van der Waals surface area contributed by atoms with Crippen molar-refractivity contribution in [2.45, 2.75) is 20.3 Å². The smallest absolute Gasteiger partial charge is 0.169 e. The second-order valence-corrected chi connectivity index (χ2v) is 4.95. The van der Waals surface area contributed by atoms with Gasteiger partial charge in [-0.05, 0) is 36.6 Å². The van der Waals surface area contributed by atoms with Crippen LogP contribution in [0.2, 0.25) is 0 Å². The summed E-state index contributed by atoms with van der Waals surface area (Å²) < 4.78 is 1.84. The molecule has 0 unspecified atom stereocenters. The Labute approximate surface area is 117 Å². The predicted octanol–water partition coefficient (Wildman–Crippen LogP) is 3.68. The first kappa shape index (κ1) is 12.6. The Bertz CT molecular complexity index is 770. The molecular formula is C17H16N2O. The van der Waals surface area contributed by atoms with Gasteiger partial charge in [-0.1, -0.05) is 31.2 Å². The summed E-state index contributed by atoms with van der Waals surface area (Å²) in [5.74, 6) is 0. The molecular weight excluding hydrogens is 248 g/mol. The summed E-state index contributed by atoms with van der Waals surface area (Å²) in [6.07, 6.45) is 3.77. The molecule has 0 aliphatic rings. The maximum atomic E-state index is 11.4. The Kier molecular flexibility index (Phi) is 3.11. The fourth-order valence-corrected chi connectivity index (χ4v) is 2.39. The molecule has 0 aliphatic heterocycles. The van der Waals surface area contributed by atoms with E-state index in [2.05, 4.69) is 24.0 Å². The number of fused-ring (bicyclic) bond motifs is 1. The standard InChI is InChI=1S/C17H16N2O/c1-3-13-4-6-14(7-5-13)17-15(11-20)19-9-8-12(2)10-16(19)18-17/h4-11H,3H2,1-2H3. The molecule has 0 aliphatic carbocycles. The van der Waals surface area contributed by atoms with E-state index in [9.17, 15) is 4.79 Å². The van der Waals surface area contributed by atoms with Gasteiger partial charge in [-0.2, -0.15) is 0 Å². The fourth-order valence-electron chi connectivity index (χ4n) is 2.39. The average molecular weight is 264 g/mol. The van der Waals surface area contributed by atoms with Gasteiger partial charge in [0.2, 0.25) is 0 Å². The Morgan fingerprint density at radius 1 is 1.20 bits per heavy atom. The van der Waals surface area contributed by atoms with E-state index in [1.54, 1.807) is 0 Å². The molecule has 3 nitrogen and oxygen atoms in total. The van der Waals surface area contributed by atoms with Gasteiger partial charge in [0.25, 0.3) is 0 Å². The number of hydrogen-bond donors (Lipinski definition) is 0. The van der Waals surface area contributed by atoms with Crippen LogP contribution in [0.5, 0.6) is 0 Å². The van der Waals surface area contributed by atoms with Crippen LogP contribution in [0.15, 0.2) is 42.6 Å². The van der Waals surface area contributed by atoms with Crippen LogP contribution in [0.25, 0.3) is 16.9 Å². The number of aryl methyl sites for hydroxylation is 2. The lowest BCUT2D eigenvalue weighted by atomic mass is 10.1. The fraction of sp³-hybridized carbons (Fsp3) is 0.176. The number of pyridine rings is 1. The van der Waals surface area contributed by atoms with Crippen molar-refractivity contribution < 1.29 is 4.79 Å². The molecule has 0 atom stereocenters. The lowest BCUT2D eigenvalue weighted by Crippen LogP contribution is -1.92. The highest BCUT2D eigenvalue weighted by atomic mass is 16.1. The molecule has 3 rings (SSSR count). The maximum absolute atomic E-state index is 11.4. The van der Waals surface area contributed by atoms with Crippen LogP contribution in [0.4, 0.5) is 0 Å². The molecule has 0 amide bonds. The lowest BCUT2D eigenvalue weighted by Gasteiger charge is -2.01. The van der Waals surface area contributed by atoms with E-state index in [0.29, 0.717) is 5.69 Å². The maximum Gasteiger partial charge on any atom is 0.169 e. The van der Waals surface area contributed by atoms with E-state index >= 15 is 0 Å². The third kappa shape index (κ3) is 2.01. The van der Waals surface area contributed by atoms with Crippen molar-refractivity contribution in [2.75, 3.05) is 0 Å². The molecule has 0 fully saturated rings. The van der Waals surface area contributed by atoms with Gasteiger partial charge in [-0.15, -0.1) is 0 Å². The van der Waals surface area contributed by atoms with Crippen molar-refractivity contribution in [3.05, 3.63) is 59.4 Å². The lowest BCUT2D eigenvalue weighted by molar-refractivity contribution is 0.111. The van der Waals surface area contributed by atoms with Gasteiger partial charge in [0.1, 0.15) is 17.0 Å². The van der Waals surface area contributed by atoms with E-state index in [0.717, 1.165) is 35.2 Å². The van der Waals surface area contributed by atoms with Gasteiger partial charge in [0.05, 0.1) is 0 Å². The van der Waals surface area contributed by atoms with Crippen LogP contribution in [-0.4, -0.2) is 15.7 Å². The molecule has 2 aromatic heterocycles. The highest BCUT2D eigenvalue weighted by molar-refractivity contribution is 5.86. The van der Waals surface area contributed by atoms with Gasteiger partial charge in [-0.3, -0.25) is 9.20 Å². The summed E-state index contributed by atoms with van der Waals surface area (Å²) in [5, 5.41) is 0. The van der Waals surface area contributed by atoms with Crippen LogP contribution in [0, 0.1) is 6.92 Å². The first-order chi connectivity index (χ1) is 9.72. The number of aldehydes is 1. The van der Waals surface area contributed by atoms with E-state index < -0.39 is 0 Å². The van der Waals surface area contributed by atoms with Gasteiger partial charge < -0.3 is 0 Å². The Hall–Kier alpha value is -2.42. The number of imidazole rings is 1. The summed E-state index contributed by atoms with van der Waals surface area (Å²) in [5.41, 5.74) is 5.54. The molecule has 0 N–H and O–H groups in total. The Balaban J connectivity index is 2.21. The van der Waals surface area contributed by atoms with E-state index in [1.807, 2.05) is 41.8 Å². The minimum Gasteiger partial charge on any atom is -0.297 e. The number of hydrogen-bond acceptors (Lipinski definition) is 2. The molecule has 0 spiro atoms. The third-order valence-corrected chi connectivity index (χ3v) is 3.57. The van der Waals surface area contributed by atoms with E-state index in [-0.39, 0.29) is 0 Å². The van der Waals surface area contributed by atoms with Crippen molar-refractivity contribution in [2.24, 2.45) is 0 Å². The summed E-state index contributed by atoms with van der Waals surface area (Å²) in [6.45, 7) is 4.14. The Morgan fingerprint density at radius 3 is 2.60 bits per heavy atom. The topological polar surface area (TPSA) is 34.4 Å². The molecule has 100 valence electrons. The van der Waals surface area contributed by atoms with Gasteiger partial charge in [0.15, 0.2) is 6.29 Å². The molecule has 0 saturated carbocycles. The molecule has 3 heteroatoms. The van der Waals surface area contributed by atoms with Crippen molar-refractivity contribution in [3.63, 3.8) is 0 Å². The van der Waals surface area contributed by atoms with Crippen molar-refractivity contribution in [3.8, 4) is 11.3 Å². The van der Waals surface area contributed by atoms with Crippen LogP contribution in [0.3, 0.4) is 0 Å². The largest absolute Gasteiger partial charge is 0.297 e. The summed E-state index contributed by atoms with van der Waals surface area (Å²) in [6, 6.07) is 12.2. The molecule has 2 heterocycles. The predicted molar refractivity (Wildman–Crippen MR) is 80.1 cm³/mol. The summed E-state index contributed by atoms with van der Waals surface area (Å²) >= 11 is 0. The van der Waals surface area contributed by atoms with Crippen LogP contribution in [-0.2, 0) is 6.42 Å². The Morgan fingerprint density at radius 2 is 1.95 bits per heavy atom. The quantitative estimate of drug-likeness (QED) is 0.676. The van der Waals surface area contributed by atoms with Crippen molar-refractivity contribution in [1.82, 2.24) is 9.38 Å². The average Bonchev–Trinajstić information content (AvgIpc) is 2.84. The number of carbonyl (C=O) groups is 1. The van der Waals surface area contributed by atoms with E-state index in [4.69, 9.17) is 0 Å². The first-order valence-electron chi connectivity index (χ1n) is 6.76. The zero-order chi connectivity index (χ0) is 14.1. The summed E-state index contributed by atoms with van der Waals surface area (Å²) in [4.78, 5) is 16.0. The van der Waals surface area contributed by atoms with Crippen LogP contribution in [0.1, 0.15) is 28.5 Å². The van der Waals surface area contributed by atoms with Crippen LogP contribution < -0.4 is 0 Å². The number of aromatic nitrogens is 2. The molecule has 0 saturated heterocycles. The van der Waals surface area contributed by atoms with Gasteiger partial charge in [-0.25, -0.2) is 4.98 Å². The van der Waals surface area contributed by atoms with Crippen molar-refractivity contribution in [1.29, 1.82) is 0 Å². The number of carbonyl (C=O) groups excluding carboxylic acids is 1. The first-order valence-corrected chi connectivity index (χ1v) is 6.76. The van der Waals surface area contributed by atoms with Crippen molar-refractivity contribution >= 4 is 11.9 Å². The SMILES string of the molecule is CCc1ccc(-c2nc3cc(C)ccn3c2C=O)cc1. The molecule has 1 aromatic carbocycles. The van der Waals surface area contributed by atoms with Gasteiger partial charge in [0, 0.05) is 11.8 Å². The molecule has 0 bridgehead atoms. The monoisotopic (exact) mass is 264 g/mol. The number of nitrogens with zero attached hydrogens (tertiary/aromatic N) is 2. The second kappa shape index (κ2) is 4.93. The second-order valence-electron chi connectivity index (χ2n) is 4.95.